The summed E-state index contributed by atoms with van der Waals surface area (Å²) >= 11 is 0. The standard InChI is InChI=1S/C5H10FNO/c6-8-5-7-3-1-2-4-7/h1-5H2. The summed E-state index contributed by atoms with van der Waals surface area (Å²) < 4.78 is 11.1. The highest BCUT2D eigenvalue weighted by atomic mass is 19.3. The molecule has 1 heterocycles. The van der Waals surface area contributed by atoms with Crippen molar-refractivity contribution >= 4 is 0 Å². The van der Waals surface area contributed by atoms with Gasteiger partial charge in [0.1, 0.15) is 6.73 Å². The number of hydrogen-bond acceptors (Lipinski definition) is 2. The van der Waals surface area contributed by atoms with E-state index in [1.165, 1.54) is 12.8 Å². The molecule has 0 aliphatic carbocycles. The van der Waals surface area contributed by atoms with E-state index in [9.17, 15) is 4.53 Å². The summed E-state index contributed by atoms with van der Waals surface area (Å²) in [6, 6.07) is 0. The Hall–Kier alpha value is -0.150. The summed E-state index contributed by atoms with van der Waals surface area (Å²) in [5.41, 5.74) is 0. The van der Waals surface area contributed by atoms with Crippen LogP contribution in [0.3, 0.4) is 0 Å². The zero-order valence-corrected chi connectivity index (χ0v) is 4.77. The smallest absolute Gasteiger partial charge is 0.140 e. The average molecular weight is 119 g/mol. The third kappa shape index (κ3) is 1.42. The van der Waals surface area contributed by atoms with Crippen molar-refractivity contribution in [1.82, 2.24) is 4.90 Å². The van der Waals surface area contributed by atoms with Gasteiger partial charge in [0.2, 0.25) is 0 Å². The van der Waals surface area contributed by atoms with Crippen LogP contribution in [0.1, 0.15) is 12.8 Å². The topological polar surface area (TPSA) is 12.5 Å². The van der Waals surface area contributed by atoms with Gasteiger partial charge in [-0.15, -0.1) is 0 Å². The van der Waals surface area contributed by atoms with Crippen LogP contribution in [0.4, 0.5) is 4.53 Å². The molecule has 0 saturated carbocycles. The summed E-state index contributed by atoms with van der Waals surface area (Å²) in [6.07, 6.45) is 2.37. The Morgan fingerprint density at radius 3 is 2.50 bits per heavy atom. The molecule has 0 spiro atoms. The van der Waals surface area contributed by atoms with Crippen molar-refractivity contribution in [3.05, 3.63) is 0 Å². The first-order valence-electron chi connectivity index (χ1n) is 2.89. The molecule has 2 nitrogen and oxygen atoms in total. The summed E-state index contributed by atoms with van der Waals surface area (Å²) in [4.78, 5) is 5.40. The number of likely N-dealkylation sites (tertiary alicyclic amines) is 1. The predicted molar refractivity (Wildman–Crippen MR) is 27.9 cm³/mol. The van der Waals surface area contributed by atoms with Gasteiger partial charge < -0.3 is 0 Å². The fraction of sp³-hybridized carbons (Fsp3) is 1.00. The minimum Gasteiger partial charge on any atom is -0.278 e. The molecule has 1 fully saturated rings. The van der Waals surface area contributed by atoms with Crippen molar-refractivity contribution in [2.45, 2.75) is 12.8 Å². The molecule has 0 radical (unpaired) electrons. The van der Waals surface area contributed by atoms with E-state index in [1.807, 2.05) is 4.90 Å². The van der Waals surface area contributed by atoms with Crippen molar-refractivity contribution in [1.29, 1.82) is 0 Å². The third-order valence-electron chi connectivity index (χ3n) is 1.43. The largest absolute Gasteiger partial charge is 0.278 e. The van der Waals surface area contributed by atoms with Crippen LogP contribution in [-0.2, 0) is 4.94 Å². The monoisotopic (exact) mass is 119 g/mol. The Kier molecular flexibility index (Phi) is 2.24. The van der Waals surface area contributed by atoms with Crippen LogP contribution in [0.2, 0.25) is 0 Å². The van der Waals surface area contributed by atoms with E-state index in [1.54, 1.807) is 0 Å². The molecule has 8 heavy (non-hydrogen) atoms. The lowest BCUT2D eigenvalue weighted by Gasteiger charge is -2.08. The molecule has 1 aliphatic rings. The van der Waals surface area contributed by atoms with Gasteiger partial charge in [0, 0.05) is 13.1 Å². The Bertz CT molecular complexity index is 63.4. The number of rotatable bonds is 2. The highest BCUT2D eigenvalue weighted by molar-refractivity contribution is 4.61. The summed E-state index contributed by atoms with van der Waals surface area (Å²) in [5, 5.41) is 0. The summed E-state index contributed by atoms with van der Waals surface area (Å²) in [6.45, 7) is 2.13. The van der Waals surface area contributed by atoms with Crippen LogP contribution in [0, 0.1) is 0 Å². The van der Waals surface area contributed by atoms with Gasteiger partial charge in [-0.1, -0.05) is 0 Å². The fourth-order valence-corrected chi connectivity index (χ4v) is 0.981. The van der Waals surface area contributed by atoms with E-state index >= 15 is 0 Å². The molecule has 1 aliphatic heterocycles. The van der Waals surface area contributed by atoms with E-state index < -0.39 is 0 Å². The number of nitrogens with zero attached hydrogens (tertiary/aromatic N) is 1. The zero-order chi connectivity index (χ0) is 5.82. The van der Waals surface area contributed by atoms with Gasteiger partial charge >= 0.3 is 0 Å². The zero-order valence-electron chi connectivity index (χ0n) is 4.77. The van der Waals surface area contributed by atoms with Crippen molar-refractivity contribution < 1.29 is 9.47 Å². The molecule has 0 amide bonds. The lowest BCUT2D eigenvalue weighted by Crippen LogP contribution is -2.20. The average Bonchev–Trinajstić information content (AvgIpc) is 2.19. The molecule has 0 bridgehead atoms. The van der Waals surface area contributed by atoms with Crippen molar-refractivity contribution in [3.8, 4) is 0 Å². The van der Waals surface area contributed by atoms with Crippen LogP contribution in [0.25, 0.3) is 0 Å². The van der Waals surface area contributed by atoms with Gasteiger partial charge in [-0.05, 0) is 17.4 Å². The van der Waals surface area contributed by atoms with Gasteiger partial charge in [0.05, 0.1) is 0 Å². The van der Waals surface area contributed by atoms with Gasteiger partial charge in [-0.25, -0.2) is 0 Å². The second-order valence-corrected chi connectivity index (χ2v) is 2.06. The Morgan fingerprint density at radius 2 is 2.00 bits per heavy atom. The van der Waals surface area contributed by atoms with E-state index in [0.717, 1.165) is 13.1 Å². The first-order valence-corrected chi connectivity index (χ1v) is 2.89. The number of halogens is 1. The Labute approximate surface area is 48.1 Å². The number of hydrogen-bond donors (Lipinski definition) is 0. The molecule has 0 aromatic carbocycles. The molecule has 0 aromatic heterocycles. The molecule has 0 atom stereocenters. The first-order chi connectivity index (χ1) is 3.93. The lowest BCUT2D eigenvalue weighted by atomic mass is 10.4. The minimum absolute atomic E-state index is 0.153. The second-order valence-electron chi connectivity index (χ2n) is 2.06. The highest BCUT2D eigenvalue weighted by Gasteiger charge is 2.10. The lowest BCUT2D eigenvalue weighted by molar-refractivity contribution is -0.168. The SMILES string of the molecule is FOCN1CCCC1. The van der Waals surface area contributed by atoms with Crippen LogP contribution in [0.5, 0.6) is 0 Å². The maximum atomic E-state index is 11.1. The summed E-state index contributed by atoms with van der Waals surface area (Å²) in [7, 11) is 0. The highest BCUT2D eigenvalue weighted by Crippen LogP contribution is 2.05. The van der Waals surface area contributed by atoms with E-state index in [2.05, 4.69) is 4.94 Å². The molecule has 1 rings (SSSR count). The van der Waals surface area contributed by atoms with E-state index in [4.69, 9.17) is 0 Å². The minimum atomic E-state index is 0.153. The van der Waals surface area contributed by atoms with Gasteiger partial charge in [0.25, 0.3) is 0 Å². The predicted octanol–water partition coefficient (Wildman–Crippen LogP) is 0.941. The molecule has 1 saturated heterocycles. The van der Waals surface area contributed by atoms with E-state index in [0.29, 0.717) is 0 Å². The maximum absolute atomic E-state index is 11.1. The maximum Gasteiger partial charge on any atom is 0.140 e. The van der Waals surface area contributed by atoms with Crippen LogP contribution in [-0.4, -0.2) is 24.7 Å². The molecular weight excluding hydrogens is 109 g/mol. The summed E-state index contributed by atoms with van der Waals surface area (Å²) in [5.74, 6) is 0. The van der Waals surface area contributed by atoms with Crippen LogP contribution in [0.15, 0.2) is 0 Å². The second kappa shape index (κ2) is 2.99. The molecule has 3 heteroatoms. The van der Waals surface area contributed by atoms with E-state index in [-0.39, 0.29) is 6.73 Å². The van der Waals surface area contributed by atoms with Crippen LogP contribution < -0.4 is 0 Å². The molecule has 0 aromatic rings. The van der Waals surface area contributed by atoms with Gasteiger partial charge in [-0.3, -0.25) is 4.90 Å². The van der Waals surface area contributed by atoms with Crippen molar-refractivity contribution in [3.63, 3.8) is 0 Å². The van der Waals surface area contributed by atoms with Gasteiger partial charge in [0.15, 0.2) is 0 Å². The van der Waals surface area contributed by atoms with Crippen molar-refractivity contribution in [2.75, 3.05) is 19.8 Å². The van der Waals surface area contributed by atoms with Crippen LogP contribution >= 0.6 is 0 Å². The molecule has 0 N–H and O–H groups in total. The quantitative estimate of drug-likeness (QED) is 0.536. The normalized spacial score (nSPS) is 22.1. The molecule has 0 unspecified atom stereocenters. The fourth-order valence-electron chi connectivity index (χ4n) is 0.981. The Morgan fingerprint density at radius 1 is 1.38 bits per heavy atom. The third-order valence-corrected chi connectivity index (χ3v) is 1.43. The molecular formula is C5H10FNO. The van der Waals surface area contributed by atoms with Gasteiger partial charge in [-0.2, -0.15) is 4.94 Å². The van der Waals surface area contributed by atoms with Crippen molar-refractivity contribution in [2.24, 2.45) is 0 Å². The molecule has 48 valence electrons. The first kappa shape index (κ1) is 5.98. The Balaban J connectivity index is 2.06.